The predicted octanol–water partition coefficient (Wildman–Crippen LogP) is 1.68. The van der Waals surface area contributed by atoms with Gasteiger partial charge in [0, 0.05) is 12.1 Å². The van der Waals surface area contributed by atoms with Crippen LogP contribution in [0.15, 0.2) is 0 Å². The minimum absolute atomic E-state index is 0.935. The van der Waals surface area contributed by atoms with Gasteiger partial charge in [0.05, 0.1) is 0 Å². The van der Waals surface area contributed by atoms with E-state index in [2.05, 4.69) is 5.32 Å². The van der Waals surface area contributed by atoms with Gasteiger partial charge in [-0.1, -0.05) is 25.7 Å². The van der Waals surface area contributed by atoms with Crippen LogP contribution in [0, 0.1) is 0 Å². The minimum Gasteiger partial charge on any atom is -0.308 e. The molecule has 0 unspecified atom stereocenters. The van der Waals surface area contributed by atoms with Crippen LogP contribution in [-0.2, 0) is 0 Å². The summed E-state index contributed by atoms with van der Waals surface area (Å²) < 4.78 is 0. The Bertz CT molecular complexity index is 88.7. The Balaban J connectivity index is 1.81. The molecule has 1 saturated carbocycles. The second-order valence-corrected chi connectivity index (χ2v) is 3.37. The molecule has 1 nitrogen and oxygen atoms in total. The first kappa shape index (κ1) is 5.72. The first-order chi connectivity index (χ1) is 4.47. The van der Waals surface area contributed by atoms with Gasteiger partial charge in [0.1, 0.15) is 0 Å². The molecule has 1 N–H and O–H groups in total. The summed E-state index contributed by atoms with van der Waals surface area (Å²) in [5.41, 5.74) is 0. The van der Waals surface area contributed by atoms with Gasteiger partial charge in [0.2, 0.25) is 0 Å². The van der Waals surface area contributed by atoms with E-state index in [1.807, 2.05) is 0 Å². The molecule has 52 valence electrons. The van der Waals surface area contributed by atoms with Crippen molar-refractivity contribution in [1.29, 1.82) is 0 Å². The Morgan fingerprint density at radius 2 is 1.33 bits per heavy atom. The zero-order valence-electron chi connectivity index (χ0n) is 5.90. The fraction of sp³-hybridized carbons (Fsp3) is 1.00. The molecule has 0 aromatic rings. The van der Waals surface area contributed by atoms with Crippen molar-refractivity contribution < 1.29 is 0 Å². The summed E-state index contributed by atoms with van der Waals surface area (Å²) in [7, 11) is 0. The van der Waals surface area contributed by atoms with E-state index in [-0.39, 0.29) is 0 Å². The molecule has 2 aliphatic rings. The van der Waals surface area contributed by atoms with Crippen LogP contribution in [0.1, 0.15) is 38.5 Å². The third kappa shape index (κ3) is 1.26. The summed E-state index contributed by atoms with van der Waals surface area (Å²) in [5, 5.41) is 3.51. The van der Waals surface area contributed by atoms with Crippen molar-refractivity contribution in [3.63, 3.8) is 0 Å². The molecule has 1 aliphatic heterocycles. The molecular weight excluding hydrogens is 110 g/mol. The topological polar surface area (TPSA) is 21.9 Å². The number of hydrogen-bond acceptors (Lipinski definition) is 1. The Kier molecular flexibility index (Phi) is 1.46. The van der Waals surface area contributed by atoms with Crippen LogP contribution in [0.5, 0.6) is 0 Å². The molecule has 9 heavy (non-hydrogen) atoms. The Labute approximate surface area is 56.8 Å². The fourth-order valence-electron chi connectivity index (χ4n) is 1.87. The van der Waals surface area contributed by atoms with Crippen LogP contribution in [0.3, 0.4) is 0 Å². The Morgan fingerprint density at radius 1 is 0.778 bits per heavy atom. The summed E-state index contributed by atoms with van der Waals surface area (Å²) in [5.74, 6) is 0. The average Bonchev–Trinajstić information content (AvgIpc) is 2.46. The zero-order valence-corrected chi connectivity index (χ0v) is 5.90. The lowest BCUT2D eigenvalue weighted by molar-refractivity contribution is 0.551. The summed E-state index contributed by atoms with van der Waals surface area (Å²) in [4.78, 5) is 0. The summed E-state index contributed by atoms with van der Waals surface area (Å²) in [6.45, 7) is 0. The van der Waals surface area contributed by atoms with Gasteiger partial charge < -0.3 is 5.32 Å². The van der Waals surface area contributed by atoms with Gasteiger partial charge in [-0.2, -0.15) is 0 Å². The van der Waals surface area contributed by atoms with Crippen molar-refractivity contribution in [2.24, 2.45) is 0 Å². The van der Waals surface area contributed by atoms with E-state index in [0.29, 0.717) is 0 Å². The van der Waals surface area contributed by atoms with E-state index < -0.39 is 0 Å². The zero-order chi connectivity index (χ0) is 6.10. The lowest BCUT2D eigenvalue weighted by Gasteiger charge is -2.03. The Morgan fingerprint density at radius 3 is 1.89 bits per heavy atom. The van der Waals surface area contributed by atoms with Crippen molar-refractivity contribution in [2.45, 2.75) is 50.6 Å². The van der Waals surface area contributed by atoms with E-state index in [9.17, 15) is 0 Å². The van der Waals surface area contributed by atoms with E-state index in [1.54, 1.807) is 0 Å². The molecule has 1 heterocycles. The molecule has 0 radical (unpaired) electrons. The maximum absolute atomic E-state index is 3.51. The van der Waals surface area contributed by atoms with Gasteiger partial charge in [0.15, 0.2) is 0 Å². The quantitative estimate of drug-likeness (QED) is 0.489. The molecule has 0 aromatic heterocycles. The van der Waals surface area contributed by atoms with E-state index in [1.165, 1.54) is 38.5 Å². The summed E-state index contributed by atoms with van der Waals surface area (Å²) in [6, 6.07) is 1.87. The van der Waals surface area contributed by atoms with Crippen molar-refractivity contribution >= 4 is 0 Å². The summed E-state index contributed by atoms with van der Waals surface area (Å²) in [6.07, 6.45) is 8.79. The smallest absolute Gasteiger partial charge is 0.0224 e. The van der Waals surface area contributed by atoms with Gasteiger partial charge in [-0.3, -0.25) is 0 Å². The van der Waals surface area contributed by atoms with Crippen molar-refractivity contribution in [3.8, 4) is 0 Å². The molecular formula is C8H15N. The monoisotopic (exact) mass is 125 g/mol. The number of rotatable bonds is 0. The van der Waals surface area contributed by atoms with Gasteiger partial charge in [-0.25, -0.2) is 0 Å². The van der Waals surface area contributed by atoms with Gasteiger partial charge in [-0.15, -0.1) is 0 Å². The van der Waals surface area contributed by atoms with Crippen molar-refractivity contribution in [2.75, 3.05) is 0 Å². The van der Waals surface area contributed by atoms with E-state index in [0.717, 1.165) is 12.1 Å². The maximum Gasteiger partial charge on any atom is 0.0224 e. The predicted molar refractivity (Wildman–Crippen MR) is 38.4 cm³/mol. The van der Waals surface area contributed by atoms with Crippen LogP contribution < -0.4 is 5.32 Å². The fourth-order valence-corrected chi connectivity index (χ4v) is 1.87. The molecule has 1 heteroatoms. The van der Waals surface area contributed by atoms with Crippen molar-refractivity contribution in [3.05, 3.63) is 0 Å². The third-order valence-electron chi connectivity index (χ3n) is 2.58. The average molecular weight is 125 g/mol. The number of nitrogens with one attached hydrogen (secondary N) is 1. The second-order valence-electron chi connectivity index (χ2n) is 3.37. The van der Waals surface area contributed by atoms with Gasteiger partial charge in [0.25, 0.3) is 0 Å². The summed E-state index contributed by atoms with van der Waals surface area (Å²) >= 11 is 0. The van der Waals surface area contributed by atoms with Crippen LogP contribution in [0.2, 0.25) is 0 Å². The molecule has 2 fully saturated rings. The van der Waals surface area contributed by atoms with Gasteiger partial charge >= 0.3 is 0 Å². The SMILES string of the molecule is C1CCC[C@H]2N[C@H]2CC1. The minimum atomic E-state index is 0.935. The first-order valence-corrected chi connectivity index (χ1v) is 4.23. The molecule has 2 rings (SSSR count). The highest BCUT2D eigenvalue weighted by Gasteiger charge is 2.34. The Hall–Kier alpha value is -0.0400. The van der Waals surface area contributed by atoms with Crippen LogP contribution >= 0.6 is 0 Å². The lowest BCUT2D eigenvalue weighted by Crippen LogP contribution is -1.97. The molecule has 1 aliphatic carbocycles. The second kappa shape index (κ2) is 2.30. The highest BCUT2D eigenvalue weighted by molar-refractivity contribution is 4.97. The molecule has 0 spiro atoms. The molecule has 0 bridgehead atoms. The molecule has 0 amide bonds. The normalized spacial score (nSPS) is 42.7. The van der Waals surface area contributed by atoms with E-state index in [4.69, 9.17) is 0 Å². The molecule has 1 saturated heterocycles. The van der Waals surface area contributed by atoms with Crippen LogP contribution in [0.4, 0.5) is 0 Å². The standard InChI is InChI=1S/C8H15N/c1-2-4-6-8-7(9-8)5-3-1/h7-9H,1-6H2/t7-,8+. The number of fused-ring (bicyclic) bond motifs is 1. The molecule has 2 atom stereocenters. The number of hydrogen-bond donors (Lipinski definition) is 1. The maximum atomic E-state index is 3.51. The highest BCUT2D eigenvalue weighted by atomic mass is 15.1. The van der Waals surface area contributed by atoms with Gasteiger partial charge in [-0.05, 0) is 12.8 Å². The molecule has 0 aromatic carbocycles. The largest absolute Gasteiger partial charge is 0.308 e. The highest BCUT2D eigenvalue weighted by Crippen LogP contribution is 2.26. The van der Waals surface area contributed by atoms with Crippen LogP contribution in [-0.4, -0.2) is 12.1 Å². The van der Waals surface area contributed by atoms with E-state index >= 15 is 0 Å². The first-order valence-electron chi connectivity index (χ1n) is 4.23. The van der Waals surface area contributed by atoms with Crippen molar-refractivity contribution in [1.82, 2.24) is 5.32 Å². The van der Waals surface area contributed by atoms with Crippen LogP contribution in [0.25, 0.3) is 0 Å². The third-order valence-corrected chi connectivity index (χ3v) is 2.58. The lowest BCUT2D eigenvalue weighted by atomic mass is 10.0.